The van der Waals surface area contributed by atoms with Crippen molar-refractivity contribution in [3.8, 4) is 11.3 Å². The fraction of sp³-hybridized carbons (Fsp3) is 0.450. The van der Waals surface area contributed by atoms with Crippen LogP contribution in [0.15, 0.2) is 34.9 Å². The summed E-state index contributed by atoms with van der Waals surface area (Å²) in [6.07, 6.45) is 1.88. The minimum Gasteiger partial charge on any atom is -0.256 e. The van der Waals surface area contributed by atoms with Crippen LogP contribution in [0.1, 0.15) is 76.0 Å². The molecule has 1 nitrogen and oxygen atoms in total. The summed E-state index contributed by atoms with van der Waals surface area (Å²) in [6.45, 7) is 13.6. The highest BCUT2D eigenvalue weighted by Crippen LogP contribution is 2.38. The van der Waals surface area contributed by atoms with E-state index < -0.39 is 0 Å². The molecular formula is C20H26BrN. The molecule has 0 unspecified atom stereocenters. The third-order valence-corrected chi connectivity index (χ3v) is 4.60. The van der Waals surface area contributed by atoms with Gasteiger partial charge in [0.2, 0.25) is 0 Å². The van der Waals surface area contributed by atoms with E-state index in [1.54, 1.807) is 0 Å². The van der Waals surface area contributed by atoms with E-state index >= 15 is 0 Å². The molecule has 1 aromatic heterocycles. The number of rotatable bonds is 4. The van der Waals surface area contributed by atoms with E-state index in [-0.39, 0.29) is 0 Å². The number of aromatic nitrogens is 1. The van der Waals surface area contributed by atoms with Crippen molar-refractivity contribution in [1.82, 2.24) is 4.98 Å². The fourth-order valence-electron chi connectivity index (χ4n) is 2.79. The summed E-state index contributed by atoms with van der Waals surface area (Å²) >= 11 is 3.58. The highest BCUT2D eigenvalue weighted by molar-refractivity contribution is 9.10. The van der Waals surface area contributed by atoms with E-state index in [9.17, 15) is 0 Å². The predicted molar refractivity (Wildman–Crippen MR) is 99.6 cm³/mol. The van der Waals surface area contributed by atoms with Crippen LogP contribution in [0.2, 0.25) is 0 Å². The molecule has 0 saturated heterocycles. The molecule has 2 rings (SSSR count). The van der Waals surface area contributed by atoms with Crippen LogP contribution in [-0.4, -0.2) is 4.98 Å². The number of benzene rings is 1. The van der Waals surface area contributed by atoms with Crippen LogP contribution >= 0.6 is 15.9 Å². The first-order valence-electron chi connectivity index (χ1n) is 8.10. The quantitative estimate of drug-likeness (QED) is 0.579. The van der Waals surface area contributed by atoms with Gasteiger partial charge in [-0.2, -0.15) is 0 Å². The van der Waals surface area contributed by atoms with Crippen LogP contribution in [-0.2, 0) is 0 Å². The minimum atomic E-state index is 0.479. The summed E-state index contributed by atoms with van der Waals surface area (Å²) in [5.41, 5.74) is 6.61. The van der Waals surface area contributed by atoms with Crippen LogP contribution in [0, 0.1) is 0 Å². The zero-order valence-corrected chi connectivity index (χ0v) is 16.0. The molecule has 0 aliphatic heterocycles. The average molecular weight is 360 g/mol. The lowest BCUT2D eigenvalue weighted by Crippen LogP contribution is -2.04. The standard InChI is InChI=1S/C20H26BrN/c1-12(2)15-9-17(13(3)4)20(18(10-15)14(5)6)19-11-16(21)7-8-22-19/h7-14H,1-6H3. The van der Waals surface area contributed by atoms with E-state index in [4.69, 9.17) is 0 Å². The Morgan fingerprint density at radius 2 is 1.36 bits per heavy atom. The second-order valence-electron chi connectivity index (χ2n) is 6.90. The van der Waals surface area contributed by atoms with Crippen LogP contribution < -0.4 is 0 Å². The van der Waals surface area contributed by atoms with Gasteiger partial charge >= 0.3 is 0 Å². The SMILES string of the molecule is CC(C)c1cc(C(C)C)c(-c2cc(Br)ccn2)c(C(C)C)c1. The summed E-state index contributed by atoms with van der Waals surface area (Å²) in [5.74, 6) is 1.50. The zero-order chi connectivity index (χ0) is 16.4. The number of hydrogen-bond donors (Lipinski definition) is 0. The Hall–Kier alpha value is -1.15. The molecule has 0 spiro atoms. The molecule has 1 heterocycles. The van der Waals surface area contributed by atoms with E-state index in [0.29, 0.717) is 17.8 Å². The Morgan fingerprint density at radius 3 is 1.77 bits per heavy atom. The molecular weight excluding hydrogens is 334 g/mol. The number of hydrogen-bond acceptors (Lipinski definition) is 1. The lowest BCUT2D eigenvalue weighted by Gasteiger charge is -2.22. The van der Waals surface area contributed by atoms with Gasteiger partial charge in [-0.25, -0.2) is 0 Å². The molecule has 2 aromatic rings. The lowest BCUT2D eigenvalue weighted by atomic mass is 9.83. The first kappa shape index (κ1) is 17.2. The van der Waals surface area contributed by atoms with Crippen molar-refractivity contribution < 1.29 is 0 Å². The molecule has 0 fully saturated rings. The maximum atomic E-state index is 4.64. The second-order valence-corrected chi connectivity index (χ2v) is 7.81. The molecule has 0 radical (unpaired) electrons. The van der Waals surface area contributed by atoms with Gasteiger partial charge in [-0.05, 0) is 46.6 Å². The van der Waals surface area contributed by atoms with E-state index in [2.05, 4.69) is 80.7 Å². The van der Waals surface area contributed by atoms with Gasteiger partial charge in [0.05, 0.1) is 5.69 Å². The van der Waals surface area contributed by atoms with Crippen molar-refractivity contribution in [3.63, 3.8) is 0 Å². The van der Waals surface area contributed by atoms with Crippen molar-refractivity contribution >= 4 is 15.9 Å². The van der Waals surface area contributed by atoms with Crippen LogP contribution in [0.4, 0.5) is 0 Å². The van der Waals surface area contributed by atoms with Gasteiger partial charge in [0.25, 0.3) is 0 Å². The fourth-order valence-corrected chi connectivity index (χ4v) is 3.13. The van der Waals surface area contributed by atoms with Crippen molar-refractivity contribution in [2.75, 3.05) is 0 Å². The molecule has 0 atom stereocenters. The zero-order valence-electron chi connectivity index (χ0n) is 14.4. The second kappa shape index (κ2) is 6.95. The molecule has 118 valence electrons. The molecule has 2 heteroatoms. The summed E-state index contributed by atoms with van der Waals surface area (Å²) < 4.78 is 1.08. The smallest absolute Gasteiger partial charge is 0.0718 e. The third kappa shape index (κ3) is 3.60. The summed E-state index contributed by atoms with van der Waals surface area (Å²) in [5, 5.41) is 0. The molecule has 1 aromatic carbocycles. The van der Waals surface area contributed by atoms with E-state index in [1.807, 2.05) is 12.3 Å². The summed E-state index contributed by atoms with van der Waals surface area (Å²) in [7, 11) is 0. The van der Waals surface area contributed by atoms with Gasteiger partial charge in [-0.15, -0.1) is 0 Å². The largest absolute Gasteiger partial charge is 0.256 e. The first-order valence-corrected chi connectivity index (χ1v) is 8.90. The molecule has 22 heavy (non-hydrogen) atoms. The molecule has 0 aliphatic rings. The Morgan fingerprint density at radius 1 is 0.818 bits per heavy atom. The summed E-state index contributed by atoms with van der Waals surface area (Å²) in [6, 6.07) is 8.86. The van der Waals surface area contributed by atoms with Gasteiger partial charge in [0, 0.05) is 16.2 Å². The van der Waals surface area contributed by atoms with Crippen molar-refractivity contribution in [1.29, 1.82) is 0 Å². The number of pyridine rings is 1. The highest BCUT2D eigenvalue weighted by atomic mass is 79.9. The number of halogens is 1. The van der Waals surface area contributed by atoms with Crippen molar-refractivity contribution in [2.24, 2.45) is 0 Å². The topological polar surface area (TPSA) is 12.9 Å². The summed E-state index contributed by atoms with van der Waals surface area (Å²) in [4.78, 5) is 4.64. The lowest BCUT2D eigenvalue weighted by molar-refractivity contribution is 0.806. The van der Waals surface area contributed by atoms with Crippen molar-refractivity contribution in [2.45, 2.75) is 59.3 Å². The molecule has 0 saturated carbocycles. The van der Waals surface area contributed by atoms with Crippen LogP contribution in [0.5, 0.6) is 0 Å². The van der Waals surface area contributed by atoms with Gasteiger partial charge in [-0.1, -0.05) is 69.6 Å². The Kier molecular flexibility index (Phi) is 5.44. The minimum absolute atomic E-state index is 0.479. The number of nitrogens with zero attached hydrogens (tertiary/aromatic N) is 1. The van der Waals surface area contributed by atoms with E-state index in [0.717, 1.165) is 10.2 Å². The molecule has 0 bridgehead atoms. The van der Waals surface area contributed by atoms with Crippen LogP contribution in [0.3, 0.4) is 0 Å². The average Bonchev–Trinajstić information content (AvgIpc) is 2.45. The Balaban J connectivity index is 2.79. The first-order chi connectivity index (χ1) is 10.3. The Labute approximate surface area is 143 Å². The van der Waals surface area contributed by atoms with Gasteiger partial charge in [0.15, 0.2) is 0 Å². The van der Waals surface area contributed by atoms with Gasteiger partial charge in [-0.3, -0.25) is 4.98 Å². The normalized spacial score (nSPS) is 11.7. The molecule has 0 amide bonds. The molecule has 0 aliphatic carbocycles. The molecule has 0 N–H and O–H groups in total. The third-order valence-electron chi connectivity index (χ3n) is 4.11. The van der Waals surface area contributed by atoms with Gasteiger partial charge < -0.3 is 0 Å². The van der Waals surface area contributed by atoms with Crippen molar-refractivity contribution in [3.05, 3.63) is 51.6 Å². The predicted octanol–water partition coefficient (Wildman–Crippen LogP) is 6.88. The maximum Gasteiger partial charge on any atom is 0.0718 e. The van der Waals surface area contributed by atoms with E-state index in [1.165, 1.54) is 22.3 Å². The monoisotopic (exact) mass is 359 g/mol. The van der Waals surface area contributed by atoms with Crippen LogP contribution in [0.25, 0.3) is 11.3 Å². The van der Waals surface area contributed by atoms with Gasteiger partial charge in [0.1, 0.15) is 0 Å². The highest BCUT2D eigenvalue weighted by Gasteiger charge is 2.19. The maximum absolute atomic E-state index is 4.64. The Bertz CT molecular complexity index is 628.